The van der Waals surface area contributed by atoms with Crippen LogP contribution >= 0.6 is 11.7 Å². The van der Waals surface area contributed by atoms with Gasteiger partial charge in [0.15, 0.2) is 0 Å². The van der Waals surface area contributed by atoms with E-state index in [9.17, 15) is 12.8 Å². The van der Waals surface area contributed by atoms with Crippen molar-refractivity contribution in [1.29, 1.82) is 0 Å². The minimum absolute atomic E-state index is 0.153. The van der Waals surface area contributed by atoms with E-state index < -0.39 is 10.0 Å². The maximum Gasteiger partial charge on any atom is 0.243 e. The second kappa shape index (κ2) is 7.59. The van der Waals surface area contributed by atoms with Crippen LogP contribution in [0.5, 0.6) is 0 Å². The van der Waals surface area contributed by atoms with Gasteiger partial charge in [-0.05, 0) is 37.6 Å². The number of nitrogens with one attached hydrogen (secondary N) is 1. The van der Waals surface area contributed by atoms with Crippen molar-refractivity contribution in [3.63, 3.8) is 0 Å². The number of halogens is 1. The van der Waals surface area contributed by atoms with Gasteiger partial charge in [0.1, 0.15) is 21.7 Å². The molecule has 0 saturated carbocycles. The van der Waals surface area contributed by atoms with Crippen molar-refractivity contribution in [3.8, 4) is 0 Å². The Morgan fingerprint density at radius 3 is 2.89 bits per heavy atom. The summed E-state index contributed by atoms with van der Waals surface area (Å²) in [5.41, 5.74) is 1.60. The predicted molar refractivity (Wildman–Crippen MR) is 102 cm³/mol. The summed E-state index contributed by atoms with van der Waals surface area (Å²) >= 11 is 0.996. The average Bonchev–Trinajstić information content (AvgIpc) is 3.12. The highest BCUT2D eigenvalue weighted by Crippen LogP contribution is 2.23. The van der Waals surface area contributed by atoms with E-state index in [1.165, 1.54) is 6.07 Å². The van der Waals surface area contributed by atoms with E-state index >= 15 is 0 Å². The van der Waals surface area contributed by atoms with E-state index in [0.717, 1.165) is 31.1 Å². The molecule has 0 bridgehead atoms. The number of sulfonamides is 1. The Morgan fingerprint density at radius 1 is 1.19 bits per heavy atom. The molecule has 2 aromatic carbocycles. The summed E-state index contributed by atoms with van der Waals surface area (Å²) in [6.07, 6.45) is 1.60. The van der Waals surface area contributed by atoms with Crippen molar-refractivity contribution in [2.45, 2.75) is 30.3 Å². The zero-order valence-corrected chi connectivity index (χ0v) is 16.1. The van der Waals surface area contributed by atoms with Crippen molar-refractivity contribution in [1.82, 2.24) is 18.4 Å². The van der Waals surface area contributed by atoms with Crippen LogP contribution in [0.25, 0.3) is 11.0 Å². The van der Waals surface area contributed by atoms with Crippen LogP contribution in [0.4, 0.5) is 4.39 Å². The molecule has 1 saturated heterocycles. The normalized spacial score (nSPS) is 18.8. The van der Waals surface area contributed by atoms with Crippen LogP contribution in [0.2, 0.25) is 0 Å². The molecule has 1 fully saturated rings. The van der Waals surface area contributed by atoms with Crippen molar-refractivity contribution >= 4 is 32.8 Å². The Kier molecular flexibility index (Phi) is 5.18. The molecule has 0 radical (unpaired) electrons. The smallest absolute Gasteiger partial charge is 0.243 e. The summed E-state index contributed by atoms with van der Waals surface area (Å²) in [6, 6.07) is 11.4. The van der Waals surface area contributed by atoms with Crippen LogP contribution < -0.4 is 4.72 Å². The lowest BCUT2D eigenvalue weighted by Gasteiger charge is -2.33. The van der Waals surface area contributed by atoms with Gasteiger partial charge in [0, 0.05) is 24.7 Å². The lowest BCUT2D eigenvalue weighted by atomic mass is 10.1. The standard InChI is InChI=1S/C18H19FN4O2S2/c19-15-7-2-1-5-13(15)11-23-10-4-6-14(12-23)22-27(24,25)17-9-3-8-16-18(17)21-26-20-16/h1-3,5,7-9,14,22H,4,6,10-12H2. The van der Waals surface area contributed by atoms with Gasteiger partial charge < -0.3 is 0 Å². The van der Waals surface area contributed by atoms with E-state index in [0.29, 0.717) is 29.7 Å². The highest BCUT2D eigenvalue weighted by atomic mass is 32.2. The van der Waals surface area contributed by atoms with E-state index in [1.54, 1.807) is 30.3 Å². The van der Waals surface area contributed by atoms with Gasteiger partial charge in [0.25, 0.3) is 0 Å². The molecule has 27 heavy (non-hydrogen) atoms. The number of hydrogen-bond acceptors (Lipinski definition) is 6. The fourth-order valence-corrected chi connectivity index (χ4v) is 5.47. The van der Waals surface area contributed by atoms with Crippen LogP contribution in [-0.4, -0.2) is 41.2 Å². The first-order chi connectivity index (χ1) is 13.0. The number of aromatic nitrogens is 2. The summed E-state index contributed by atoms with van der Waals surface area (Å²) in [4.78, 5) is 2.24. The minimum atomic E-state index is -3.71. The average molecular weight is 407 g/mol. The lowest BCUT2D eigenvalue weighted by molar-refractivity contribution is 0.192. The Morgan fingerprint density at radius 2 is 2.04 bits per heavy atom. The van der Waals surface area contributed by atoms with Gasteiger partial charge in [-0.1, -0.05) is 24.3 Å². The Bertz CT molecular complexity index is 1050. The van der Waals surface area contributed by atoms with Crippen LogP contribution in [0.15, 0.2) is 47.4 Å². The first-order valence-corrected chi connectivity index (χ1v) is 10.9. The molecule has 1 unspecified atom stereocenters. The molecule has 2 heterocycles. The maximum atomic E-state index is 13.9. The van der Waals surface area contributed by atoms with E-state index in [-0.39, 0.29) is 16.8 Å². The number of benzene rings is 2. The SMILES string of the molecule is O=S(=O)(NC1CCCN(Cc2ccccc2F)C1)c1cccc2nsnc12. The van der Waals surface area contributed by atoms with Crippen LogP contribution in [0, 0.1) is 5.82 Å². The molecule has 142 valence electrons. The number of hydrogen-bond donors (Lipinski definition) is 1. The maximum absolute atomic E-state index is 13.9. The van der Waals surface area contributed by atoms with Crippen molar-refractivity contribution < 1.29 is 12.8 Å². The zero-order chi connectivity index (χ0) is 18.9. The van der Waals surface area contributed by atoms with Gasteiger partial charge in [0.2, 0.25) is 10.0 Å². The largest absolute Gasteiger partial charge is 0.297 e. The van der Waals surface area contributed by atoms with Gasteiger partial charge in [-0.25, -0.2) is 17.5 Å². The summed E-state index contributed by atoms with van der Waals surface area (Å²) in [5, 5.41) is 0. The highest BCUT2D eigenvalue weighted by molar-refractivity contribution is 7.89. The number of fused-ring (bicyclic) bond motifs is 1. The van der Waals surface area contributed by atoms with Crippen LogP contribution in [0.3, 0.4) is 0 Å². The van der Waals surface area contributed by atoms with Gasteiger partial charge in [0.05, 0.1) is 11.7 Å². The molecule has 1 N–H and O–H groups in total. The molecule has 9 heteroatoms. The van der Waals surface area contributed by atoms with Crippen LogP contribution in [0.1, 0.15) is 18.4 Å². The molecular weight excluding hydrogens is 387 g/mol. The monoisotopic (exact) mass is 406 g/mol. The quantitative estimate of drug-likeness (QED) is 0.705. The summed E-state index contributed by atoms with van der Waals surface area (Å²) in [7, 11) is -3.71. The second-order valence-electron chi connectivity index (χ2n) is 6.68. The Balaban J connectivity index is 1.49. The predicted octanol–water partition coefficient (Wildman–Crippen LogP) is 2.77. The molecule has 0 aliphatic carbocycles. The summed E-state index contributed by atoms with van der Waals surface area (Å²) in [6.45, 7) is 1.83. The third-order valence-electron chi connectivity index (χ3n) is 4.72. The molecule has 6 nitrogen and oxygen atoms in total. The topological polar surface area (TPSA) is 75.2 Å². The molecule has 0 amide bonds. The van der Waals surface area contributed by atoms with Crippen molar-refractivity contribution in [2.24, 2.45) is 0 Å². The fraction of sp³-hybridized carbons (Fsp3) is 0.333. The molecule has 0 spiro atoms. The molecule has 1 atom stereocenters. The summed E-state index contributed by atoms with van der Waals surface area (Å²) < 4.78 is 50.7. The van der Waals surface area contributed by atoms with Gasteiger partial charge >= 0.3 is 0 Å². The molecular formula is C18H19FN4O2S2. The van der Waals surface area contributed by atoms with Gasteiger partial charge in [-0.2, -0.15) is 8.75 Å². The van der Waals surface area contributed by atoms with Crippen LogP contribution in [-0.2, 0) is 16.6 Å². The number of likely N-dealkylation sites (tertiary alicyclic amines) is 1. The first kappa shape index (κ1) is 18.4. The van der Waals surface area contributed by atoms with Crippen molar-refractivity contribution in [3.05, 3.63) is 53.8 Å². The minimum Gasteiger partial charge on any atom is -0.297 e. The number of rotatable bonds is 5. The number of piperidine rings is 1. The van der Waals surface area contributed by atoms with E-state index in [4.69, 9.17) is 0 Å². The lowest BCUT2D eigenvalue weighted by Crippen LogP contribution is -2.47. The molecule has 1 aliphatic rings. The first-order valence-electron chi connectivity index (χ1n) is 8.72. The third-order valence-corrected chi connectivity index (χ3v) is 6.81. The summed E-state index contributed by atoms with van der Waals surface area (Å²) in [5.74, 6) is -0.233. The molecule has 1 aromatic heterocycles. The highest BCUT2D eigenvalue weighted by Gasteiger charge is 2.27. The Hall–Kier alpha value is -1.94. The van der Waals surface area contributed by atoms with Gasteiger partial charge in [-0.3, -0.25) is 4.90 Å². The second-order valence-corrected chi connectivity index (χ2v) is 8.89. The zero-order valence-electron chi connectivity index (χ0n) is 14.5. The van der Waals surface area contributed by atoms with Crippen molar-refractivity contribution in [2.75, 3.05) is 13.1 Å². The van der Waals surface area contributed by atoms with Gasteiger partial charge in [-0.15, -0.1) is 0 Å². The third kappa shape index (κ3) is 4.01. The number of nitrogens with zero attached hydrogens (tertiary/aromatic N) is 3. The molecule has 4 rings (SSSR count). The van der Waals surface area contributed by atoms with E-state index in [1.807, 2.05) is 6.07 Å². The molecule has 3 aromatic rings. The fourth-order valence-electron chi connectivity index (χ4n) is 3.44. The van der Waals surface area contributed by atoms with E-state index in [2.05, 4.69) is 18.4 Å². The Labute approximate surface area is 161 Å². The molecule has 1 aliphatic heterocycles.